The highest BCUT2D eigenvalue weighted by molar-refractivity contribution is 6.11. The van der Waals surface area contributed by atoms with Gasteiger partial charge in [-0.1, -0.05) is 152 Å². The van der Waals surface area contributed by atoms with E-state index >= 15 is 0 Å². The Kier molecular flexibility index (Phi) is 7.35. The predicted octanol–water partition coefficient (Wildman–Crippen LogP) is 11.5. The number of nitrogens with zero attached hydrogens (tertiary/aromatic N) is 7. The van der Waals surface area contributed by atoms with Gasteiger partial charge >= 0.3 is 0 Å². The molecule has 262 valence electrons. The van der Waals surface area contributed by atoms with Crippen LogP contribution >= 0.6 is 0 Å². The molecule has 0 N–H and O–H groups in total. The van der Waals surface area contributed by atoms with E-state index in [4.69, 9.17) is 24.9 Å². The summed E-state index contributed by atoms with van der Waals surface area (Å²) in [7, 11) is 0. The highest BCUT2D eigenvalue weighted by atomic mass is 15.2. The molecular weight excluding hydrogens is 687 g/mol. The molecule has 0 saturated heterocycles. The minimum Gasteiger partial charge on any atom is -0.278 e. The van der Waals surface area contributed by atoms with Gasteiger partial charge in [0.25, 0.3) is 0 Å². The molecule has 0 radical (unpaired) electrons. The first kappa shape index (κ1) is 31.7. The maximum Gasteiger partial charge on any atom is 0.238 e. The Labute approximate surface area is 321 Å². The van der Waals surface area contributed by atoms with Crippen LogP contribution in [0.1, 0.15) is 0 Å². The molecule has 11 aromatic rings. The van der Waals surface area contributed by atoms with Gasteiger partial charge in [-0.3, -0.25) is 9.13 Å². The fourth-order valence-electron chi connectivity index (χ4n) is 7.82. The van der Waals surface area contributed by atoms with Crippen molar-refractivity contribution in [2.24, 2.45) is 0 Å². The zero-order valence-electron chi connectivity index (χ0n) is 30.0. The van der Waals surface area contributed by atoms with E-state index in [1.807, 2.05) is 78.9 Å². The van der Waals surface area contributed by atoms with Gasteiger partial charge in [-0.25, -0.2) is 15.0 Å². The molecule has 0 atom stereocenters. The van der Waals surface area contributed by atoms with Gasteiger partial charge in [0, 0.05) is 43.8 Å². The SMILES string of the molecule is c1ccc(-c2cc(-c3ccc4c(c3)c3ccccc3n4-c3nc(-c4ccccc4)nc(-c4ccccc4)n3)nc(-n3c4ccccc4c4ccccc43)n2)cc1. The van der Waals surface area contributed by atoms with Crippen LogP contribution < -0.4 is 0 Å². The molecule has 0 aliphatic carbocycles. The van der Waals surface area contributed by atoms with E-state index < -0.39 is 0 Å². The zero-order valence-corrected chi connectivity index (χ0v) is 30.0. The van der Waals surface area contributed by atoms with Gasteiger partial charge in [0.15, 0.2) is 11.6 Å². The van der Waals surface area contributed by atoms with Crippen molar-refractivity contribution in [2.45, 2.75) is 0 Å². The number of hydrogen-bond donors (Lipinski definition) is 0. The van der Waals surface area contributed by atoms with E-state index in [0.29, 0.717) is 23.5 Å². The van der Waals surface area contributed by atoms with Gasteiger partial charge in [0.1, 0.15) is 0 Å². The third-order valence-corrected chi connectivity index (χ3v) is 10.4. The minimum absolute atomic E-state index is 0.554. The molecule has 0 saturated carbocycles. The molecular formula is C49H31N7. The Morgan fingerprint density at radius 3 is 1.18 bits per heavy atom. The molecule has 4 heterocycles. The lowest BCUT2D eigenvalue weighted by Crippen LogP contribution is -2.06. The number of para-hydroxylation sites is 3. The van der Waals surface area contributed by atoms with Crippen molar-refractivity contribution in [1.29, 1.82) is 0 Å². The topological polar surface area (TPSA) is 74.3 Å². The van der Waals surface area contributed by atoms with Crippen LogP contribution in [0, 0.1) is 0 Å². The summed E-state index contributed by atoms with van der Waals surface area (Å²) in [4.78, 5) is 25.7. The highest BCUT2D eigenvalue weighted by Crippen LogP contribution is 2.37. The van der Waals surface area contributed by atoms with Gasteiger partial charge in [-0.2, -0.15) is 9.97 Å². The third-order valence-electron chi connectivity index (χ3n) is 10.4. The maximum absolute atomic E-state index is 5.33. The second kappa shape index (κ2) is 13.0. The van der Waals surface area contributed by atoms with E-state index in [1.165, 1.54) is 0 Å². The zero-order chi connectivity index (χ0) is 37.0. The lowest BCUT2D eigenvalue weighted by atomic mass is 10.0. The first-order valence-electron chi connectivity index (χ1n) is 18.6. The standard InChI is InChI=1S/C49H31N7/c1-4-16-32(17-5-1)40-31-41(51-48(50-40)55-42-25-13-10-22-36(42)37-23-11-14-26-43(37)55)35-28-29-45-39(30-35)38-24-12-15-27-44(38)56(45)49-53-46(33-18-6-2-7-19-33)52-47(54-49)34-20-8-3-9-21-34/h1-31H. The molecule has 0 spiro atoms. The molecule has 0 fully saturated rings. The predicted molar refractivity (Wildman–Crippen MR) is 226 cm³/mol. The number of benzene rings is 7. The maximum atomic E-state index is 5.33. The smallest absolute Gasteiger partial charge is 0.238 e. The average Bonchev–Trinajstić information content (AvgIpc) is 3.80. The molecule has 0 amide bonds. The summed E-state index contributed by atoms with van der Waals surface area (Å²) in [6, 6.07) is 64.4. The summed E-state index contributed by atoms with van der Waals surface area (Å²) in [6.07, 6.45) is 0. The van der Waals surface area contributed by atoms with Crippen molar-refractivity contribution < 1.29 is 0 Å². The van der Waals surface area contributed by atoms with Crippen LogP contribution in [-0.2, 0) is 0 Å². The summed E-state index contributed by atoms with van der Waals surface area (Å²) >= 11 is 0. The van der Waals surface area contributed by atoms with Crippen LogP contribution in [0.4, 0.5) is 0 Å². The second-order valence-electron chi connectivity index (χ2n) is 13.8. The third kappa shape index (κ3) is 5.25. The van der Waals surface area contributed by atoms with E-state index in [1.54, 1.807) is 0 Å². The molecule has 7 heteroatoms. The molecule has 0 aliphatic heterocycles. The van der Waals surface area contributed by atoms with Gasteiger partial charge in [0.05, 0.1) is 33.5 Å². The van der Waals surface area contributed by atoms with Crippen molar-refractivity contribution in [3.8, 4) is 57.2 Å². The van der Waals surface area contributed by atoms with Crippen molar-refractivity contribution in [2.75, 3.05) is 0 Å². The normalized spacial score (nSPS) is 11.6. The number of fused-ring (bicyclic) bond motifs is 6. The summed E-state index contributed by atoms with van der Waals surface area (Å²) in [5.74, 6) is 2.40. The monoisotopic (exact) mass is 717 g/mol. The summed E-state index contributed by atoms with van der Waals surface area (Å²) in [5, 5.41) is 4.49. The van der Waals surface area contributed by atoms with E-state index in [-0.39, 0.29) is 0 Å². The molecule has 11 rings (SSSR count). The molecule has 0 bridgehead atoms. The van der Waals surface area contributed by atoms with E-state index in [2.05, 4.69) is 118 Å². The van der Waals surface area contributed by atoms with Crippen molar-refractivity contribution in [1.82, 2.24) is 34.1 Å². The van der Waals surface area contributed by atoms with Crippen molar-refractivity contribution >= 4 is 43.6 Å². The Morgan fingerprint density at radius 1 is 0.268 bits per heavy atom. The van der Waals surface area contributed by atoms with Crippen LogP contribution in [0.3, 0.4) is 0 Å². The Balaban J connectivity index is 1.14. The number of hydrogen-bond acceptors (Lipinski definition) is 5. The lowest BCUT2D eigenvalue weighted by molar-refractivity contribution is 0.953. The molecule has 7 aromatic carbocycles. The molecule has 56 heavy (non-hydrogen) atoms. The van der Waals surface area contributed by atoms with E-state index in [9.17, 15) is 0 Å². The van der Waals surface area contributed by atoms with Crippen molar-refractivity contribution in [3.63, 3.8) is 0 Å². The molecule has 0 aliphatic rings. The Bertz CT molecular complexity index is 3130. The molecule has 4 aromatic heterocycles. The fourth-order valence-corrected chi connectivity index (χ4v) is 7.82. The number of aromatic nitrogens is 7. The summed E-state index contributed by atoms with van der Waals surface area (Å²) in [5.41, 5.74) is 9.63. The van der Waals surface area contributed by atoms with E-state index in [0.717, 1.165) is 77.3 Å². The van der Waals surface area contributed by atoms with Crippen LogP contribution in [0.5, 0.6) is 0 Å². The van der Waals surface area contributed by atoms with Crippen LogP contribution in [-0.4, -0.2) is 34.1 Å². The molecule has 0 unspecified atom stereocenters. The average molecular weight is 718 g/mol. The Morgan fingerprint density at radius 2 is 0.661 bits per heavy atom. The largest absolute Gasteiger partial charge is 0.278 e. The minimum atomic E-state index is 0.554. The van der Waals surface area contributed by atoms with Crippen molar-refractivity contribution in [3.05, 3.63) is 188 Å². The van der Waals surface area contributed by atoms with Crippen LogP contribution in [0.15, 0.2) is 188 Å². The van der Waals surface area contributed by atoms with Gasteiger partial charge in [-0.05, 0) is 36.4 Å². The molecule has 7 nitrogen and oxygen atoms in total. The first-order valence-corrected chi connectivity index (χ1v) is 18.6. The van der Waals surface area contributed by atoms with Crippen LogP contribution in [0.25, 0.3) is 101 Å². The van der Waals surface area contributed by atoms with Gasteiger partial charge < -0.3 is 0 Å². The number of rotatable bonds is 6. The quantitative estimate of drug-likeness (QED) is 0.171. The second-order valence-corrected chi connectivity index (χ2v) is 13.8. The van der Waals surface area contributed by atoms with Crippen LogP contribution in [0.2, 0.25) is 0 Å². The lowest BCUT2D eigenvalue weighted by Gasteiger charge is -2.12. The van der Waals surface area contributed by atoms with Gasteiger partial charge in [-0.15, -0.1) is 0 Å². The summed E-state index contributed by atoms with van der Waals surface area (Å²) < 4.78 is 4.33. The summed E-state index contributed by atoms with van der Waals surface area (Å²) in [6.45, 7) is 0. The highest BCUT2D eigenvalue weighted by Gasteiger charge is 2.20. The Hall–Kier alpha value is -7.77. The fraction of sp³-hybridized carbons (Fsp3) is 0. The van der Waals surface area contributed by atoms with Gasteiger partial charge in [0.2, 0.25) is 11.9 Å². The first-order chi connectivity index (χ1) is 27.8.